The summed E-state index contributed by atoms with van der Waals surface area (Å²) in [5, 5.41) is 11.5. The van der Waals surface area contributed by atoms with E-state index in [9.17, 15) is 32.4 Å². The van der Waals surface area contributed by atoms with Crippen molar-refractivity contribution in [1.82, 2.24) is 30.5 Å². The van der Waals surface area contributed by atoms with Crippen molar-refractivity contribution in [2.24, 2.45) is 22.7 Å². The van der Waals surface area contributed by atoms with Crippen molar-refractivity contribution in [3.8, 4) is 0 Å². The van der Waals surface area contributed by atoms with Gasteiger partial charge in [0.05, 0.1) is 17.3 Å². The summed E-state index contributed by atoms with van der Waals surface area (Å²) in [6.07, 6.45) is 6.87. The van der Waals surface area contributed by atoms with Gasteiger partial charge >= 0.3 is 6.03 Å². The molecule has 0 aromatic rings. The van der Waals surface area contributed by atoms with Crippen molar-refractivity contribution < 1.29 is 32.4 Å². The molecule has 1 heterocycles. The number of fused-ring (bicyclic) bond motifs is 1. The third-order valence-electron chi connectivity index (χ3n) is 11.8. The predicted octanol–water partition coefficient (Wildman–Crippen LogP) is 3.86. The number of carbonyl (C=O) groups is 5. The molecule has 1 aliphatic heterocycles. The van der Waals surface area contributed by atoms with Crippen LogP contribution in [0.1, 0.15) is 133 Å². The number of nitrogens with zero attached hydrogens (tertiary/aromatic N) is 2. The summed E-state index contributed by atoms with van der Waals surface area (Å²) in [4.78, 5) is 70.1. The number of piperidine rings is 1. The minimum absolute atomic E-state index is 0.000827. The zero-order valence-electron chi connectivity index (χ0n) is 33.3. The number of carbonyl (C=O) groups excluding carboxylic acids is 5. The minimum atomic E-state index is -3.76. The van der Waals surface area contributed by atoms with Crippen LogP contribution in [0.4, 0.5) is 4.79 Å². The molecule has 5 atom stereocenters. The van der Waals surface area contributed by atoms with Crippen molar-refractivity contribution in [2.45, 2.75) is 169 Å². The van der Waals surface area contributed by atoms with E-state index < -0.39 is 74.2 Å². The summed E-state index contributed by atoms with van der Waals surface area (Å²) < 4.78 is 29.1. The largest absolute Gasteiger partial charge is 0.347 e. The Morgan fingerprint density at radius 3 is 2.06 bits per heavy atom. The van der Waals surface area contributed by atoms with E-state index in [0.29, 0.717) is 38.8 Å². The maximum absolute atomic E-state index is 14.6. The molecular formula is C38H66N6O7S. The van der Waals surface area contributed by atoms with Gasteiger partial charge in [-0.3, -0.25) is 19.2 Å². The standard InChI is InChI=1S/C38H66N6O7S/c1-11-13-17-26(29(45)32(47)39-24-18-19-24)40-31(46)28-27-25(37(27,9)10)22-43(28)33(48)30(35(3,4)5)41-34(49)42-38(20-15-14-16-21-38)23-52(50,51)44(12-2)36(6,7)8/h24-28,30H,11-23H2,1-10H3,(H,39,47)(H,40,46)(H2,41,42,49). The van der Waals surface area contributed by atoms with E-state index >= 15 is 0 Å². The van der Waals surface area contributed by atoms with Crippen LogP contribution >= 0.6 is 0 Å². The number of Topliss-reactive ketones (excluding diaryl/α,β-unsaturated/α-hetero) is 1. The smallest absolute Gasteiger partial charge is 0.315 e. The zero-order chi connectivity index (χ0) is 39.0. The Morgan fingerprint density at radius 1 is 0.923 bits per heavy atom. The average molecular weight is 751 g/mol. The number of rotatable bonds is 15. The molecule has 0 aromatic carbocycles. The lowest BCUT2D eigenvalue weighted by molar-refractivity contribution is -0.145. The minimum Gasteiger partial charge on any atom is -0.347 e. The molecule has 4 N–H and O–H groups in total. The molecular weight excluding hydrogens is 685 g/mol. The number of unbranched alkanes of at least 4 members (excludes halogenated alkanes) is 1. The number of urea groups is 1. The van der Waals surface area contributed by atoms with Gasteiger partial charge in [0, 0.05) is 24.7 Å². The van der Waals surface area contributed by atoms with Gasteiger partial charge in [-0.15, -0.1) is 0 Å². The first-order valence-corrected chi connectivity index (χ1v) is 21.1. The monoisotopic (exact) mass is 750 g/mol. The molecule has 5 amide bonds. The molecule has 4 aliphatic rings. The van der Waals surface area contributed by atoms with Crippen LogP contribution in [-0.4, -0.2) is 101 Å². The number of hydrogen-bond acceptors (Lipinski definition) is 7. The number of hydrogen-bond donors (Lipinski definition) is 4. The Balaban J connectivity index is 1.55. The lowest BCUT2D eigenvalue weighted by atomic mass is 9.83. The van der Waals surface area contributed by atoms with Crippen LogP contribution in [0.2, 0.25) is 0 Å². The highest BCUT2D eigenvalue weighted by atomic mass is 32.2. The highest BCUT2D eigenvalue weighted by molar-refractivity contribution is 7.89. The molecule has 5 unspecified atom stereocenters. The van der Waals surface area contributed by atoms with E-state index in [2.05, 4.69) is 35.1 Å². The molecule has 14 heteroatoms. The van der Waals surface area contributed by atoms with Gasteiger partial charge in [-0.05, 0) is 75.5 Å². The number of ketones is 1. The Hall–Kier alpha value is -2.74. The van der Waals surface area contributed by atoms with Crippen LogP contribution in [0.25, 0.3) is 0 Å². The fourth-order valence-electron chi connectivity index (χ4n) is 8.66. The summed E-state index contributed by atoms with van der Waals surface area (Å²) in [5.41, 5.74) is -2.60. The van der Waals surface area contributed by atoms with Gasteiger partial charge in [0.1, 0.15) is 12.1 Å². The van der Waals surface area contributed by atoms with E-state index in [4.69, 9.17) is 0 Å². The molecule has 13 nitrogen and oxygen atoms in total. The molecule has 0 aromatic heterocycles. The van der Waals surface area contributed by atoms with Crippen LogP contribution in [0.3, 0.4) is 0 Å². The van der Waals surface area contributed by atoms with Crippen LogP contribution in [0.5, 0.6) is 0 Å². The maximum atomic E-state index is 14.6. The van der Waals surface area contributed by atoms with E-state index in [1.165, 1.54) is 4.31 Å². The second-order valence-electron chi connectivity index (χ2n) is 18.5. The van der Waals surface area contributed by atoms with Crippen LogP contribution < -0.4 is 21.3 Å². The first-order valence-electron chi connectivity index (χ1n) is 19.5. The number of likely N-dealkylation sites (tertiary alicyclic amines) is 1. The molecule has 1 saturated heterocycles. The molecule has 4 rings (SSSR count). The maximum Gasteiger partial charge on any atom is 0.315 e. The van der Waals surface area contributed by atoms with Crippen LogP contribution in [0.15, 0.2) is 0 Å². The van der Waals surface area contributed by atoms with Crippen molar-refractivity contribution in [2.75, 3.05) is 18.8 Å². The van der Waals surface area contributed by atoms with Crippen molar-refractivity contribution in [3.05, 3.63) is 0 Å². The Labute approximate surface area is 312 Å². The second-order valence-corrected chi connectivity index (χ2v) is 20.4. The molecule has 3 saturated carbocycles. The van der Waals surface area contributed by atoms with E-state index in [1.807, 2.05) is 55.4 Å². The van der Waals surface area contributed by atoms with E-state index in [0.717, 1.165) is 38.5 Å². The third-order valence-corrected chi connectivity index (χ3v) is 14.2. The summed E-state index contributed by atoms with van der Waals surface area (Å²) in [6, 6.07) is -3.54. The Kier molecular flexibility index (Phi) is 12.6. The second kappa shape index (κ2) is 15.5. The molecule has 4 fully saturated rings. The Bertz CT molecular complexity index is 1470. The number of amides is 5. The normalized spacial score (nSPS) is 25.1. The highest BCUT2D eigenvalue weighted by Crippen LogP contribution is 2.65. The summed E-state index contributed by atoms with van der Waals surface area (Å²) in [6.45, 7) is 19.6. The number of sulfonamides is 1. The first kappa shape index (κ1) is 42.0. The lowest BCUT2D eigenvalue weighted by Gasteiger charge is -2.42. The highest BCUT2D eigenvalue weighted by Gasteiger charge is 2.70. The first-order chi connectivity index (χ1) is 24.0. The van der Waals surface area contributed by atoms with Crippen LogP contribution in [0, 0.1) is 22.7 Å². The van der Waals surface area contributed by atoms with Gasteiger partial charge in [0.2, 0.25) is 27.6 Å². The fourth-order valence-corrected chi connectivity index (χ4v) is 11.1. The quantitative estimate of drug-likeness (QED) is 0.184. The zero-order valence-corrected chi connectivity index (χ0v) is 34.1. The molecule has 0 bridgehead atoms. The van der Waals surface area contributed by atoms with Crippen LogP contribution in [-0.2, 0) is 29.2 Å². The summed E-state index contributed by atoms with van der Waals surface area (Å²) in [7, 11) is -3.76. The molecule has 0 radical (unpaired) electrons. The fraction of sp³-hybridized carbons (Fsp3) is 0.868. The topological polar surface area (TPSA) is 174 Å². The van der Waals surface area contributed by atoms with Crippen molar-refractivity contribution in [3.63, 3.8) is 0 Å². The van der Waals surface area contributed by atoms with Gasteiger partial charge in [0.25, 0.3) is 5.91 Å². The molecule has 0 spiro atoms. The van der Waals surface area contributed by atoms with Crippen molar-refractivity contribution >= 4 is 39.6 Å². The molecule has 52 heavy (non-hydrogen) atoms. The van der Waals surface area contributed by atoms with E-state index in [1.54, 1.807) is 4.90 Å². The summed E-state index contributed by atoms with van der Waals surface area (Å²) >= 11 is 0. The van der Waals surface area contributed by atoms with Gasteiger partial charge < -0.3 is 26.2 Å². The van der Waals surface area contributed by atoms with Gasteiger partial charge in [-0.1, -0.05) is 80.6 Å². The molecule has 296 valence electrons. The lowest BCUT2D eigenvalue weighted by Crippen LogP contribution is -2.64. The summed E-state index contributed by atoms with van der Waals surface area (Å²) in [5.74, 6) is -2.58. The van der Waals surface area contributed by atoms with Crippen molar-refractivity contribution in [1.29, 1.82) is 0 Å². The predicted molar refractivity (Wildman–Crippen MR) is 201 cm³/mol. The van der Waals surface area contributed by atoms with E-state index in [-0.39, 0.29) is 29.0 Å². The van der Waals surface area contributed by atoms with Gasteiger partial charge in [-0.2, -0.15) is 4.31 Å². The Morgan fingerprint density at radius 2 is 1.54 bits per heavy atom. The third kappa shape index (κ3) is 9.49. The SMILES string of the molecule is CCCCC(NC(=O)C1C2C(CN1C(=O)C(NC(=O)NC1(CS(=O)(=O)N(CC)C(C)(C)C)CCCCC1)C(C)(C)C)C2(C)C)C(=O)C(=O)NC1CC1. The average Bonchev–Trinajstić information content (AvgIpc) is 3.87. The van der Waals surface area contributed by atoms with Gasteiger partial charge in [0.15, 0.2) is 0 Å². The van der Waals surface area contributed by atoms with Gasteiger partial charge in [-0.25, -0.2) is 13.2 Å². The number of nitrogens with one attached hydrogen (secondary N) is 4. The molecule has 3 aliphatic carbocycles.